The van der Waals surface area contributed by atoms with Gasteiger partial charge in [0, 0.05) is 6.42 Å². The summed E-state index contributed by atoms with van der Waals surface area (Å²) >= 11 is 0. The van der Waals surface area contributed by atoms with Crippen molar-refractivity contribution >= 4 is 0 Å². The average molecular weight is 302 g/mol. The Morgan fingerprint density at radius 2 is 1.04 bits per heavy atom. The van der Waals surface area contributed by atoms with Crippen LogP contribution in [0.2, 0.25) is 0 Å². The fourth-order valence-corrected chi connectivity index (χ4v) is 2.88. The lowest BCUT2D eigenvalue weighted by atomic mass is 9.79. The van der Waals surface area contributed by atoms with Gasteiger partial charge >= 0.3 is 0 Å². The van der Waals surface area contributed by atoms with E-state index in [4.69, 9.17) is 0 Å². The molecule has 0 amide bonds. The van der Waals surface area contributed by atoms with Crippen LogP contribution in [0.25, 0.3) is 0 Å². The summed E-state index contributed by atoms with van der Waals surface area (Å²) in [5.74, 6) is 0. The molecule has 2 nitrogen and oxygen atoms in total. The van der Waals surface area contributed by atoms with Gasteiger partial charge in [0.25, 0.3) is 0 Å². The Morgan fingerprint density at radius 1 is 0.652 bits per heavy atom. The van der Waals surface area contributed by atoms with E-state index in [-0.39, 0.29) is 6.42 Å². The zero-order valence-corrected chi connectivity index (χ0v) is 12.8. The second kappa shape index (κ2) is 6.78. The number of hydrogen-bond acceptors (Lipinski definition) is 0. The third-order valence-corrected chi connectivity index (χ3v) is 4.12. The summed E-state index contributed by atoms with van der Waals surface area (Å²) in [4.78, 5) is 0. The van der Waals surface area contributed by atoms with Crippen molar-refractivity contribution in [1.29, 1.82) is 0 Å². The molecule has 0 saturated heterocycles. The second-order valence-electron chi connectivity index (χ2n) is 5.65. The van der Waals surface area contributed by atoms with E-state index < -0.39 is 11.7 Å². The molecule has 0 bridgehead atoms. The van der Waals surface area contributed by atoms with Crippen LogP contribution in [0.1, 0.15) is 16.7 Å². The first-order valence-corrected chi connectivity index (χ1v) is 7.72. The van der Waals surface area contributed by atoms with E-state index in [1.807, 2.05) is 42.5 Å². The normalized spacial score (nSPS) is 12.8. The molecular formula is C21H18O2. The highest BCUT2D eigenvalue weighted by atomic mass is 16.3. The molecule has 0 heterocycles. The van der Waals surface area contributed by atoms with Crippen LogP contribution in [-0.2, 0) is 22.2 Å². The summed E-state index contributed by atoms with van der Waals surface area (Å²) in [5, 5.41) is 26.7. The number of rotatable bonds is 5. The van der Waals surface area contributed by atoms with Crippen LogP contribution in [0.3, 0.4) is 0 Å². The molecule has 0 fully saturated rings. The monoisotopic (exact) mass is 302 g/mol. The molecule has 1 unspecified atom stereocenters. The van der Waals surface area contributed by atoms with Crippen LogP contribution in [0.15, 0.2) is 91.0 Å². The minimum Gasteiger partial charge on any atom is -0.229 e. The Balaban J connectivity index is 2.02. The lowest BCUT2D eigenvalue weighted by Gasteiger charge is -2.30. The van der Waals surface area contributed by atoms with Crippen molar-refractivity contribution in [2.24, 2.45) is 0 Å². The molecule has 0 spiro atoms. The van der Waals surface area contributed by atoms with Crippen molar-refractivity contribution in [3.8, 4) is 0 Å². The van der Waals surface area contributed by atoms with E-state index in [9.17, 15) is 10.2 Å². The van der Waals surface area contributed by atoms with Crippen LogP contribution in [0.4, 0.5) is 0 Å². The maximum absolute atomic E-state index is 13.7. The minimum absolute atomic E-state index is 0.203. The summed E-state index contributed by atoms with van der Waals surface area (Å²) in [6, 6.07) is 27.4. The Kier molecular flexibility index (Phi) is 4.56. The van der Waals surface area contributed by atoms with E-state index in [1.165, 1.54) is 0 Å². The van der Waals surface area contributed by atoms with E-state index >= 15 is 0 Å². The van der Waals surface area contributed by atoms with Crippen molar-refractivity contribution in [2.45, 2.75) is 18.1 Å². The fraction of sp³-hybridized carbons (Fsp3) is 0.143. The Bertz CT molecular complexity index is 684. The highest BCUT2D eigenvalue weighted by Gasteiger charge is 2.42. The molecule has 3 aromatic rings. The molecule has 114 valence electrons. The summed E-state index contributed by atoms with van der Waals surface area (Å²) < 4.78 is 0. The minimum atomic E-state index is -1.81. The first-order valence-electron chi connectivity index (χ1n) is 7.72. The van der Waals surface area contributed by atoms with Crippen LogP contribution in [0, 0.1) is 0 Å². The van der Waals surface area contributed by atoms with E-state index in [0.717, 1.165) is 5.56 Å². The van der Waals surface area contributed by atoms with Gasteiger partial charge in [-0.3, -0.25) is 0 Å². The molecule has 0 aliphatic carbocycles. The third-order valence-electron chi connectivity index (χ3n) is 4.12. The predicted molar refractivity (Wildman–Crippen MR) is 89.0 cm³/mol. The van der Waals surface area contributed by atoms with Gasteiger partial charge in [0.15, 0.2) is 5.60 Å². The predicted octanol–water partition coefficient (Wildman–Crippen LogP) is 4.40. The van der Waals surface area contributed by atoms with Gasteiger partial charge in [-0.15, -0.1) is 0 Å². The molecule has 3 rings (SSSR count). The second-order valence-corrected chi connectivity index (χ2v) is 5.65. The lowest BCUT2D eigenvalue weighted by molar-refractivity contribution is -0.123. The maximum Gasteiger partial charge on any atom is 0.183 e. The van der Waals surface area contributed by atoms with Crippen LogP contribution >= 0.6 is 0 Å². The van der Waals surface area contributed by atoms with Crippen molar-refractivity contribution < 1.29 is 10.2 Å². The molecule has 1 atom stereocenters. The van der Waals surface area contributed by atoms with Crippen molar-refractivity contribution in [3.05, 3.63) is 108 Å². The molecule has 0 aliphatic heterocycles. The van der Waals surface area contributed by atoms with Gasteiger partial charge in [-0.25, -0.2) is 10.2 Å². The first kappa shape index (κ1) is 15.5. The Labute approximate surface area is 136 Å². The van der Waals surface area contributed by atoms with E-state index in [0.29, 0.717) is 11.1 Å². The topological polar surface area (TPSA) is 39.8 Å². The summed E-state index contributed by atoms with van der Waals surface area (Å²) in [6.07, 6.45) is -1.11. The molecule has 0 saturated carbocycles. The standard InChI is InChI=1S/C21H18O2/c22-20(16-17-10-4-1-5-11-17)21(23,18-12-6-2-7-13-18)19-14-8-3-9-15-19/h1-15,20H,16H2. The smallest absolute Gasteiger partial charge is 0.183 e. The van der Waals surface area contributed by atoms with Crippen molar-refractivity contribution in [2.75, 3.05) is 0 Å². The zero-order chi connectivity index (χ0) is 16.1. The van der Waals surface area contributed by atoms with Crippen molar-refractivity contribution in [3.63, 3.8) is 0 Å². The Morgan fingerprint density at radius 3 is 1.48 bits per heavy atom. The highest BCUT2D eigenvalue weighted by Crippen LogP contribution is 2.35. The fourth-order valence-electron chi connectivity index (χ4n) is 2.88. The van der Waals surface area contributed by atoms with Crippen LogP contribution in [-0.4, -0.2) is 6.10 Å². The maximum atomic E-state index is 13.7. The summed E-state index contributed by atoms with van der Waals surface area (Å²) in [5.41, 5.74) is 0.113. The number of benzene rings is 3. The first-order chi connectivity index (χ1) is 11.2. The van der Waals surface area contributed by atoms with E-state index in [1.54, 1.807) is 48.5 Å². The quantitative estimate of drug-likeness (QED) is 0.670. The van der Waals surface area contributed by atoms with E-state index in [2.05, 4.69) is 0 Å². The molecule has 2 heteroatoms. The molecule has 3 aromatic carbocycles. The highest BCUT2D eigenvalue weighted by molar-refractivity contribution is 5.38. The Hall–Kier alpha value is -2.42. The van der Waals surface area contributed by atoms with Gasteiger partial charge in [-0.2, -0.15) is 0 Å². The van der Waals surface area contributed by atoms with Gasteiger partial charge < -0.3 is 0 Å². The molecule has 0 N–H and O–H groups in total. The van der Waals surface area contributed by atoms with Gasteiger partial charge in [-0.05, 0) is 16.7 Å². The largest absolute Gasteiger partial charge is 0.229 e. The summed E-state index contributed by atoms with van der Waals surface area (Å²) in [7, 11) is 0. The zero-order valence-electron chi connectivity index (χ0n) is 12.8. The SMILES string of the molecule is [O]C(Cc1ccccc1)C([O])(c1ccccc1)c1ccccc1. The molecule has 0 aliphatic rings. The van der Waals surface area contributed by atoms with Gasteiger partial charge in [0.05, 0.1) is 0 Å². The van der Waals surface area contributed by atoms with Crippen LogP contribution < -0.4 is 0 Å². The lowest BCUT2D eigenvalue weighted by Crippen LogP contribution is -2.40. The molecule has 23 heavy (non-hydrogen) atoms. The van der Waals surface area contributed by atoms with Crippen molar-refractivity contribution in [1.82, 2.24) is 0 Å². The summed E-state index contributed by atoms with van der Waals surface area (Å²) in [6.45, 7) is 0. The molecular weight excluding hydrogens is 284 g/mol. The molecule has 2 radical (unpaired) electrons. The van der Waals surface area contributed by atoms with Gasteiger partial charge in [0.1, 0.15) is 6.10 Å². The third kappa shape index (κ3) is 3.19. The van der Waals surface area contributed by atoms with Gasteiger partial charge in [0.2, 0.25) is 0 Å². The van der Waals surface area contributed by atoms with Gasteiger partial charge in [-0.1, -0.05) is 91.0 Å². The average Bonchev–Trinajstić information content (AvgIpc) is 2.63. The molecule has 0 aromatic heterocycles. The number of hydrogen-bond donors (Lipinski definition) is 0. The van der Waals surface area contributed by atoms with Crippen LogP contribution in [0.5, 0.6) is 0 Å².